The van der Waals surface area contributed by atoms with Gasteiger partial charge < -0.3 is 15.1 Å². The van der Waals surface area contributed by atoms with E-state index >= 15 is 0 Å². The molecule has 0 saturated carbocycles. The van der Waals surface area contributed by atoms with Crippen molar-refractivity contribution in [2.45, 2.75) is 26.2 Å². The number of nitrogens with one attached hydrogen (secondary N) is 1. The fourth-order valence-electron chi connectivity index (χ4n) is 2.24. The van der Waals surface area contributed by atoms with Gasteiger partial charge in [0.25, 0.3) is 0 Å². The first-order valence-corrected chi connectivity index (χ1v) is 6.80. The number of piperidine rings is 1. The third-order valence-electron chi connectivity index (χ3n) is 3.43. The molecular weight excluding hydrogens is 198 g/mol. The quantitative estimate of drug-likeness (QED) is 0.661. The van der Waals surface area contributed by atoms with Gasteiger partial charge in [0.1, 0.15) is 0 Å². The Morgan fingerprint density at radius 3 is 2.50 bits per heavy atom. The lowest BCUT2D eigenvalue weighted by Crippen LogP contribution is -2.40. The van der Waals surface area contributed by atoms with Gasteiger partial charge in [-0.25, -0.2) is 0 Å². The fourth-order valence-corrected chi connectivity index (χ4v) is 2.24. The summed E-state index contributed by atoms with van der Waals surface area (Å²) in [5, 5.41) is 3.54. The number of likely N-dealkylation sites (tertiary alicyclic amines) is 1. The molecule has 1 heterocycles. The Labute approximate surface area is 101 Å². The molecule has 0 aliphatic carbocycles. The number of nitrogens with zero attached hydrogens (tertiary/aromatic N) is 2. The molecule has 0 radical (unpaired) electrons. The smallest absolute Gasteiger partial charge is 0.0109 e. The average Bonchev–Trinajstić information content (AvgIpc) is 2.28. The maximum Gasteiger partial charge on any atom is 0.0109 e. The van der Waals surface area contributed by atoms with Gasteiger partial charge in [0.2, 0.25) is 0 Å². The van der Waals surface area contributed by atoms with Crippen molar-refractivity contribution in [3.05, 3.63) is 0 Å². The summed E-state index contributed by atoms with van der Waals surface area (Å²) in [7, 11) is 4.31. The molecular formula is C13H29N3. The van der Waals surface area contributed by atoms with Crippen LogP contribution in [0.1, 0.15) is 26.2 Å². The summed E-state index contributed by atoms with van der Waals surface area (Å²) in [4.78, 5) is 4.88. The Kier molecular flexibility index (Phi) is 7.01. The SMILES string of the molecule is CCCNCC1CCN(CCN(C)C)CC1. The van der Waals surface area contributed by atoms with E-state index < -0.39 is 0 Å². The Bertz CT molecular complexity index is 163. The van der Waals surface area contributed by atoms with Crippen LogP contribution in [0.4, 0.5) is 0 Å². The van der Waals surface area contributed by atoms with Crippen molar-refractivity contribution in [2.24, 2.45) is 5.92 Å². The monoisotopic (exact) mass is 227 g/mol. The van der Waals surface area contributed by atoms with E-state index in [1.54, 1.807) is 0 Å². The van der Waals surface area contributed by atoms with Crippen molar-refractivity contribution in [3.63, 3.8) is 0 Å². The van der Waals surface area contributed by atoms with Crippen LogP contribution in [0, 0.1) is 5.92 Å². The highest BCUT2D eigenvalue weighted by molar-refractivity contribution is 4.74. The second-order valence-corrected chi connectivity index (χ2v) is 5.29. The molecule has 1 fully saturated rings. The molecule has 0 aromatic rings. The van der Waals surface area contributed by atoms with Gasteiger partial charge in [-0.2, -0.15) is 0 Å². The summed E-state index contributed by atoms with van der Waals surface area (Å²) in [6.07, 6.45) is 4.01. The summed E-state index contributed by atoms with van der Waals surface area (Å²) < 4.78 is 0. The third kappa shape index (κ3) is 5.83. The van der Waals surface area contributed by atoms with Crippen LogP contribution in [0.3, 0.4) is 0 Å². The number of hydrogen-bond donors (Lipinski definition) is 1. The molecule has 3 nitrogen and oxygen atoms in total. The Balaban J connectivity index is 2.04. The standard InChI is InChI=1S/C13H29N3/c1-4-7-14-12-13-5-8-16(9-6-13)11-10-15(2)3/h13-14H,4-12H2,1-3H3. The maximum atomic E-state index is 3.54. The van der Waals surface area contributed by atoms with Gasteiger partial charge in [0.05, 0.1) is 0 Å². The van der Waals surface area contributed by atoms with Crippen LogP contribution in [-0.4, -0.2) is 63.2 Å². The minimum absolute atomic E-state index is 0.919. The molecule has 96 valence electrons. The van der Waals surface area contributed by atoms with Crippen molar-refractivity contribution in [3.8, 4) is 0 Å². The van der Waals surface area contributed by atoms with E-state index in [1.807, 2.05) is 0 Å². The van der Waals surface area contributed by atoms with Crippen LogP contribution in [-0.2, 0) is 0 Å². The largest absolute Gasteiger partial charge is 0.316 e. The highest BCUT2D eigenvalue weighted by atomic mass is 15.2. The van der Waals surface area contributed by atoms with Crippen LogP contribution in [0.5, 0.6) is 0 Å². The summed E-state index contributed by atoms with van der Waals surface area (Å²) >= 11 is 0. The lowest BCUT2D eigenvalue weighted by atomic mass is 9.97. The molecule has 0 aromatic heterocycles. The lowest BCUT2D eigenvalue weighted by Gasteiger charge is -2.32. The van der Waals surface area contributed by atoms with E-state index in [1.165, 1.54) is 58.5 Å². The van der Waals surface area contributed by atoms with Gasteiger partial charge in [-0.05, 0) is 65.5 Å². The molecule has 1 saturated heterocycles. The zero-order valence-electron chi connectivity index (χ0n) is 11.3. The molecule has 1 N–H and O–H groups in total. The highest BCUT2D eigenvalue weighted by Crippen LogP contribution is 2.15. The van der Waals surface area contributed by atoms with E-state index in [0.29, 0.717) is 0 Å². The van der Waals surface area contributed by atoms with Gasteiger partial charge in [-0.15, -0.1) is 0 Å². The first-order valence-electron chi connectivity index (χ1n) is 6.80. The molecule has 3 heteroatoms. The van der Waals surface area contributed by atoms with E-state index in [0.717, 1.165) is 5.92 Å². The minimum atomic E-state index is 0.919. The topological polar surface area (TPSA) is 18.5 Å². The normalized spacial score (nSPS) is 19.5. The van der Waals surface area contributed by atoms with Crippen LogP contribution >= 0.6 is 0 Å². The Hall–Kier alpha value is -0.120. The first kappa shape index (κ1) is 13.9. The molecule has 0 unspecified atom stereocenters. The Morgan fingerprint density at radius 2 is 1.94 bits per heavy atom. The van der Waals surface area contributed by atoms with Crippen LogP contribution in [0.15, 0.2) is 0 Å². The molecule has 1 aliphatic rings. The minimum Gasteiger partial charge on any atom is -0.316 e. The zero-order chi connectivity index (χ0) is 11.8. The van der Waals surface area contributed by atoms with Gasteiger partial charge in [0.15, 0.2) is 0 Å². The van der Waals surface area contributed by atoms with Crippen LogP contribution in [0.2, 0.25) is 0 Å². The number of likely N-dealkylation sites (N-methyl/N-ethyl adjacent to an activating group) is 1. The fraction of sp³-hybridized carbons (Fsp3) is 1.00. The molecule has 16 heavy (non-hydrogen) atoms. The summed E-state index contributed by atoms with van der Waals surface area (Å²) in [5.41, 5.74) is 0. The summed E-state index contributed by atoms with van der Waals surface area (Å²) in [6, 6.07) is 0. The number of hydrogen-bond acceptors (Lipinski definition) is 3. The average molecular weight is 227 g/mol. The molecule has 1 aliphatic heterocycles. The van der Waals surface area contributed by atoms with Gasteiger partial charge in [0, 0.05) is 13.1 Å². The third-order valence-corrected chi connectivity index (χ3v) is 3.43. The molecule has 0 bridgehead atoms. The molecule has 0 atom stereocenters. The van der Waals surface area contributed by atoms with Crippen molar-refractivity contribution in [1.82, 2.24) is 15.1 Å². The van der Waals surface area contributed by atoms with Crippen molar-refractivity contribution >= 4 is 0 Å². The van der Waals surface area contributed by atoms with E-state index in [4.69, 9.17) is 0 Å². The van der Waals surface area contributed by atoms with Gasteiger partial charge >= 0.3 is 0 Å². The van der Waals surface area contributed by atoms with Gasteiger partial charge in [-0.1, -0.05) is 6.92 Å². The molecule has 0 spiro atoms. The molecule has 1 rings (SSSR count). The Morgan fingerprint density at radius 1 is 1.25 bits per heavy atom. The van der Waals surface area contributed by atoms with Crippen LogP contribution in [0.25, 0.3) is 0 Å². The van der Waals surface area contributed by atoms with E-state index in [-0.39, 0.29) is 0 Å². The molecule has 0 amide bonds. The van der Waals surface area contributed by atoms with Crippen molar-refractivity contribution in [2.75, 3.05) is 53.4 Å². The summed E-state index contributed by atoms with van der Waals surface area (Å²) in [6.45, 7) is 9.67. The molecule has 0 aromatic carbocycles. The van der Waals surface area contributed by atoms with Gasteiger partial charge in [-0.3, -0.25) is 0 Å². The first-order chi connectivity index (χ1) is 7.72. The summed E-state index contributed by atoms with van der Waals surface area (Å²) in [5.74, 6) is 0.919. The van der Waals surface area contributed by atoms with E-state index in [2.05, 4.69) is 36.1 Å². The predicted molar refractivity (Wildman–Crippen MR) is 70.9 cm³/mol. The van der Waals surface area contributed by atoms with Crippen molar-refractivity contribution in [1.29, 1.82) is 0 Å². The second kappa shape index (κ2) is 8.04. The van der Waals surface area contributed by atoms with Crippen molar-refractivity contribution < 1.29 is 0 Å². The van der Waals surface area contributed by atoms with Crippen LogP contribution < -0.4 is 5.32 Å². The predicted octanol–water partition coefficient (Wildman–Crippen LogP) is 1.26. The van der Waals surface area contributed by atoms with E-state index in [9.17, 15) is 0 Å². The zero-order valence-corrected chi connectivity index (χ0v) is 11.3. The lowest BCUT2D eigenvalue weighted by molar-refractivity contribution is 0.169. The second-order valence-electron chi connectivity index (χ2n) is 5.29. The maximum absolute atomic E-state index is 3.54. The number of rotatable bonds is 7. The highest BCUT2D eigenvalue weighted by Gasteiger charge is 2.18.